The predicted molar refractivity (Wildman–Crippen MR) is 69.6 cm³/mol. The second kappa shape index (κ2) is 5.26. The van der Waals surface area contributed by atoms with Crippen LogP contribution in [0.2, 0.25) is 0 Å². The molecule has 6 heteroatoms. The van der Waals surface area contributed by atoms with Gasteiger partial charge in [0.2, 0.25) is 5.91 Å². The van der Waals surface area contributed by atoms with E-state index in [1.165, 1.54) is 0 Å². The van der Waals surface area contributed by atoms with E-state index in [0.29, 0.717) is 24.2 Å². The highest BCUT2D eigenvalue weighted by atomic mass is 16.4. The van der Waals surface area contributed by atoms with Crippen LogP contribution < -0.4 is 5.32 Å². The average Bonchev–Trinajstić information content (AvgIpc) is 2.67. The SMILES string of the molecule is Cc1nn(C)cc1NC(=O)[C@H]1CC=CC[C@@H]1C(=O)O. The summed E-state index contributed by atoms with van der Waals surface area (Å²) in [7, 11) is 1.77. The molecule has 0 aliphatic heterocycles. The first-order valence-electron chi connectivity index (χ1n) is 6.18. The van der Waals surface area contributed by atoms with Crippen LogP contribution in [0.1, 0.15) is 18.5 Å². The van der Waals surface area contributed by atoms with Gasteiger partial charge in [0, 0.05) is 13.2 Å². The van der Waals surface area contributed by atoms with Gasteiger partial charge in [-0.2, -0.15) is 5.10 Å². The molecule has 1 aliphatic carbocycles. The third-order valence-electron chi connectivity index (χ3n) is 3.36. The number of allylic oxidation sites excluding steroid dienone is 2. The van der Waals surface area contributed by atoms with E-state index in [1.807, 2.05) is 12.2 Å². The number of rotatable bonds is 3. The molecule has 0 unspecified atom stereocenters. The van der Waals surface area contributed by atoms with Crippen molar-refractivity contribution in [1.29, 1.82) is 0 Å². The highest BCUT2D eigenvalue weighted by molar-refractivity contribution is 5.95. The van der Waals surface area contributed by atoms with Crippen molar-refractivity contribution in [2.75, 3.05) is 5.32 Å². The summed E-state index contributed by atoms with van der Waals surface area (Å²) in [5, 5.41) is 16.1. The topological polar surface area (TPSA) is 84.2 Å². The first-order valence-corrected chi connectivity index (χ1v) is 6.18. The van der Waals surface area contributed by atoms with Gasteiger partial charge >= 0.3 is 5.97 Å². The zero-order valence-electron chi connectivity index (χ0n) is 11.0. The summed E-state index contributed by atoms with van der Waals surface area (Å²) in [6, 6.07) is 0. The number of carbonyl (C=O) groups is 2. The summed E-state index contributed by atoms with van der Waals surface area (Å²) < 4.78 is 1.61. The summed E-state index contributed by atoms with van der Waals surface area (Å²) in [5.74, 6) is -2.36. The van der Waals surface area contributed by atoms with E-state index in [-0.39, 0.29) is 5.91 Å². The van der Waals surface area contributed by atoms with Crippen LogP contribution in [0.4, 0.5) is 5.69 Å². The molecule has 102 valence electrons. The van der Waals surface area contributed by atoms with Crippen molar-refractivity contribution in [3.63, 3.8) is 0 Å². The third-order valence-corrected chi connectivity index (χ3v) is 3.36. The van der Waals surface area contributed by atoms with E-state index < -0.39 is 17.8 Å². The lowest BCUT2D eigenvalue weighted by atomic mass is 9.82. The summed E-state index contributed by atoms with van der Waals surface area (Å²) in [5.41, 5.74) is 1.35. The molecule has 1 aromatic rings. The number of aryl methyl sites for hydroxylation is 2. The number of aliphatic carboxylic acids is 1. The molecule has 1 aromatic heterocycles. The molecule has 0 saturated heterocycles. The van der Waals surface area contributed by atoms with E-state index in [9.17, 15) is 9.59 Å². The van der Waals surface area contributed by atoms with Crippen LogP contribution in [0.3, 0.4) is 0 Å². The molecular formula is C13H17N3O3. The van der Waals surface area contributed by atoms with Crippen molar-refractivity contribution < 1.29 is 14.7 Å². The van der Waals surface area contributed by atoms with Crippen LogP contribution in [-0.4, -0.2) is 26.8 Å². The maximum atomic E-state index is 12.2. The summed E-state index contributed by atoms with van der Waals surface area (Å²) in [6.45, 7) is 1.80. The Labute approximate surface area is 111 Å². The molecule has 19 heavy (non-hydrogen) atoms. The van der Waals surface area contributed by atoms with Gasteiger partial charge in [-0.3, -0.25) is 14.3 Å². The van der Waals surface area contributed by atoms with E-state index in [1.54, 1.807) is 24.9 Å². The predicted octanol–water partition coefficient (Wildman–Crippen LogP) is 1.33. The van der Waals surface area contributed by atoms with Gasteiger partial charge in [0.05, 0.1) is 23.2 Å². The smallest absolute Gasteiger partial charge is 0.307 e. The number of aromatic nitrogens is 2. The van der Waals surface area contributed by atoms with Crippen molar-refractivity contribution in [2.24, 2.45) is 18.9 Å². The van der Waals surface area contributed by atoms with Gasteiger partial charge in [-0.1, -0.05) is 12.2 Å². The first-order chi connectivity index (χ1) is 8.99. The third kappa shape index (κ3) is 2.83. The molecule has 0 radical (unpaired) electrons. The van der Waals surface area contributed by atoms with Crippen molar-refractivity contribution in [3.05, 3.63) is 24.0 Å². The van der Waals surface area contributed by atoms with Crippen LogP contribution >= 0.6 is 0 Å². The Morgan fingerprint density at radius 1 is 1.37 bits per heavy atom. The summed E-state index contributed by atoms with van der Waals surface area (Å²) in [4.78, 5) is 23.4. The molecule has 0 fully saturated rings. The van der Waals surface area contributed by atoms with Crippen molar-refractivity contribution in [2.45, 2.75) is 19.8 Å². The minimum atomic E-state index is -0.924. The maximum absolute atomic E-state index is 12.2. The van der Waals surface area contributed by atoms with Crippen LogP contribution in [0.15, 0.2) is 18.3 Å². The Hall–Kier alpha value is -2.11. The molecule has 1 heterocycles. The summed E-state index contributed by atoms with van der Waals surface area (Å²) >= 11 is 0. The number of carbonyl (C=O) groups excluding carboxylic acids is 1. The Morgan fingerprint density at radius 2 is 2.00 bits per heavy atom. The van der Waals surface area contributed by atoms with Gasteiger partial charge < -0.3 is 10.4 Å². The highest BCUT2D eigenvalue weighted by Crippen LogP contribution is 2.27. The molecule has 0 bridgehead atoms. The normalized spacial score (nSPS) is 22.2. The van der Waals surface area contributed by atoms with Crippen molar-refractivity contribution in [1.82, 2.24) is 9.78 Å². The van der Waals surface area contributed by atoms with Crippen LogP contribution in [0.5, 0.6) is 0 Å². The highest BCUT2D eigenvalue weighted by Gasteiger charge is 2.34. The fraction of sp³-hybridized carbons (Fsp3) is 0.462. The second-order valence-corrected chi connectivity index (χ2v) is 4.79. The van der Waals surface area contributed by atoms with Gasteiger partial charge in [0.1, 0.15) is 0 Å². The minimum Gasteiger partial charge on any atom is -0.481 e. The zero-order chi connectivity index (χ0) is 14.0. The molecule has 2 N–H and O–H groups in total. The molecule has 6 nitrogen and oxygen atoms in total. The zero-order valence-corrected chi connectivity index (χ0v) is 11.0. The minimum absolute atomic E-state index is 0.257. The standard InChI is InChI=1S/C13H17N3O3/c1-8-11(7-16(2)15-8)14-12(17)9-5-3-4-6-10(9)13(18)19/h3-4,7,9-10H,5-6H2,1-2H3,(H,14,17)(H,18,19)/t9-,10-/m0/s1. The van der Waals surface area contributed by atoms with E-state index in [0.717, 1.165) is 0 Å². The first kappa shape index (κ1) is 13.3. The number of carboxylic acid groups (broad SMARTS) is 1. The van der Waals surface area contributed by atoms with Gasteiger partial charge in [0.15, 0.2) is 0 Å². The average molecular weight is 263 g/mol. The molecule has 2 rings (SSSR count). The lowest BCUT2D eigenvalue weighted by Crippen LogP contribution is -2.34. The van der Waals surface area contributed by atoms with E-state index >= 15 is 0 Å². The van der Waals surface area contributed by atoms with Crippen molar-refractivity contribution >= 4 is 17.6 Å². The molecule has 0 aromatic carbocycles. The molecular weight excluding hydrogens is 246 g/mol. The monoisotopic (exact) mass is 263 g/mol. The van der Waals surface area contributed by atoms with E-state index in [4.69, 9.17) is 5.11 Å². The largest absolute Gasteiger partial charge is 0.481 e. The molecule has 1 amide bonds. The molecule has 1 aliphatic rings. The Bertz CT molecular complexity index is 533. The van der Waals surface area contributed by atoms with Crippen LogP contribution in [-0.2, 0) is 16.6 Å². The number of anilines is 1. The van der Waals surface area contributed by atoms with Gasteiger partial charge in [-0.05, 0) is 19.8 Å². The van der Waals surface area contributed by atoms with Crippen LogP contribution in [0.25, 0.3) is 0 Å². The number of amides is 1. The fourth-order valence-corrected chi connectivity index (χ4v) is 2.32. The van der Waals surface area contributed by atoms with Crippen LogP contribution in [0, 0.1) is 18.8 Å². The fourth-order valence-electron chi connectivity index (χ4n) is 2.32. The lowest BCUT2D eigenvalue weighted by Gasteiger charge is -2.24. The van der Waals surface area contributed by atoms with E-state index in [2.05, 4.69) is 10.4 Å². The van der Waals surface area contributed by atoms with Gasteiger partial charge in [-0.15, -0.1) is 0 Å². The Balaban J connectivity index is 2.12. The Kier molecular flexibility index (Phi) is 3.69. The number of hydrogen-bond donors (Lipinski definition) is 2. The number of nitrogens with one attached hydrogen (secondary N) is 1. The molecule has 0 saturated carbocycles. The number of hydrogen-bond acceptors (Lipinski definition) is 3. The second-order valence-electron chi connectivity index (χ2n) is 4.79. The maximum Gasteiger partial charge on any atom is 0.307 e. The Morgan fingerprint density at radius 3 is 2.53 bits per heavy atom. The molecule has 2 atom stereocenters. The molecule has 0 spiro atoms. The number of nitrogens with zero attached hydrogens (tertiary/aromatic N) is 2. The summed E-state index contributed by atoms with van der Waals surface area (Å²) in [6.07, 6.45) is 6.25. The lowest BCUT2D eigenvalue weighted by molar-refractivity contribution is -0.146. The van der Waals surface area contributed by atoms with Crippen molar-refractivity contribution in [3.8, 4) is 0 Å². The number of carboxylic acids is 1. The van der Waals surface area contributed by atoms with Gasteiger partial charge in [0.25, 0.3) is 0 Å². The van der Waals surface area contributed by atoms with Gasteiger partial charge in [-0.25, -0.2) is 0 Å². The quantitative estimate of drug-likeness (QED) is 0.806.